The molecule has 18 heteroatoms. The Morgan fingerprint density at radius 3 is 1.35 bits per heavy atom. The number of esters is 2. The topological polar surface area (TPSA) is 174 Å². The van der Waals surface area contributed by atoms with Gasteiger partial charge in [-0.15, -0.1) is 15.3 Å². The Hall–Kier alpha value is -3.14. The van der Waals surface area contributed by atoms with Gasteiger partial charge in [-0.1, -0.05) is 46.4 Å². The summed E-state index contributed by atoms with van der Waals surface area (Å²) in [6.07, 6.45) is 13.6. The highest BCUT2D eigenvalue weighted by Crippen LogP contribution is 2.45. The fourth-order valence-electron chi connectivity index (χ4n) is 10.4. The third-order valence-electron chi connectivity index (χ3n) is 13.1. The van der Waals surface area contributed by atoms with Gasteiger partial charge in [0.1, 0.15) is 11.2 Å². The van der Waals surface area contributed by atoms with Crippen molar-refractivity contribution in [2.24, 2.45) is 53.1 Å². The van der Waals surface area contributed by atoms with Crippen LogP contribution in [0.5, 0.6) is 0 Å². The number of hydrogen-bond acceptors (Lipinski definition) is 14. The van der Waals surface area contributed by atoms with E-state index in [2.05, 4.69) is 45.7 Å². The maximum atomic E-state index is 12.2. The van der Waals surface area contributed by atoms with Crippen LogP contribution >= 0.6 is 46.4 Å². The van der Waals surface area contributed by atoms with Crippen molar-refractivity contribution >= 4 is 69.7 Å². The molecule has 63 heavy (non-hydrogen) atoms. The molecule has 6 aliphatic rings. The van der Waals surface area contributed by atoms with E-state index >= 15 is 0 Å². The maximum Gasteiger partial charge on any atom is 0.306 e. The van der Waals surface area contributed by atoms with E-state index in [4.69, 9.17) is 61.6 Å². The van der Waals surface area contributed by atoms with Crippen molar-refractivity contribution in [3.05, 3.63) is 57.3 Å². The number of aromatic nitrogens is 6. The number of rotatable bonds is 6. The van der Waals surface area contributed by atoms with Gasteiger partial charge in [-0.3, -0.25) is 9.59 Å². The van der Waals surface area contributed by atoms with Crippen molar-refractivity contribution < 1.29 is 19.1 Å². The lowest BCUT2D eigenvalue weighted by atomic mass is 9.82. The molecule has 3 unspecified atom stereocenters. The largest absolute Gasteiger partial charge is 0.460 e. The van der Waals surface area contributed by atoms with Crippen LogP contribution in [0.4, 0.5) is 11.4 Å². The molecular formula is C45H64Cl4N10O4. The van der Waals surface area contributed by atoms with Crippen molar-refractivity contribution in [2.45, 2.75) is 110 Å². The van der Waals surface area contributed by atoms with Gasteiger partial charge in [0.25, 0.3) is 0 Å². The highest BCUT2D eigenvalue weighted by molar-refractivity contribution is 6.33. The van der Waals surface area contributed by atoms with E-state index in [1.807, 2.05) is 53.7 Å². The van der Waals surface area contributed by atoms with Gasteiger partial charge >= 0.3 is 11.9 Å². The minimum absolute atomic E-state index is 0.0173. The number of piperidine rings is 3. The lowest BCUT2D eigenvalue weighted by molar-refractivity contribution is -0.158. The van der Waals surface area contributed by atoms with Gasteiger partial charge in [-0.2, -0.15) is 15.3 Å². The Morgan fingerprint density at radius 2 is 0.968 bits per heavy atom. The van der Waals surface area contributed by atoms with Crippen molar-refractivity contribution in [1.82, 2.24) is 35.9 Å². The summed E-state index contributed by atoms with van der Waals surface area (Å²) in [6.45, 7) is 17.7. The van der Waals surface area contributed by atoms with Gasteiger partial charge in [0.15, 0.2) is 15.5 Å². The van der Waals surface area contributed by atoms with Crippen LogP contribution < -0.4 is 20.9 Å². The standard InChI is InChI=1S/C17H24ClN3O2.C13H23NO2.C11H15ClN4.C4H2Cl2N2/c1-17(2,3)23-16(22)7-14-11-4-5-12(14)10-21(9-11)13-6-15(18)20-19-8-13;1-13(2,3)16-12(15)6-11-9-4-5-10(11)8-14-7-9;12-10-3-9(4-14-15-10)16-5-7-1-2-8(6-16)11(7)13;5-3-1-4(6)8-7-2-3/h6,8,11-12,14H,4-5,7,9-10H2,1-3H3;9-11,14H,4-8H2,1-3H3;3-4,7-8,11H,1-2,5-6,13H2;1-2H/t11-,12+,14?;9-,10+,11?;7-,8+,11?;. The molecular weight excluding hydrogens is 886 g/mol. The van der Waals surface area contributed by atoms with Crippen molar-refractivity contribution in [3.63, 3.8) is 0 Å². The van der Waals surface area contributed by atoms with Crippen LogP contribution in [0.1, 0.15) is 92.9 Å². The van der Waals surface area contributed by atoms with E-state index in [0.717, 1.165) is 50.6 Å². The zero-order valence-electron chi connectivity index (χ0n) is 37.4. The summed E-state index contributed by atoms with van der Waals surface area (Å²) in [5, 5.41) is 27.5. The van der Waals surface area contributed by atoms with Crippen LogP contribution in [0.3, 0.4) is 0 Å². The minimum Gasteiger partial charge on any atom is -0.460 e. The monoisotopic (exact) mass is 948 g/mol. The lowest BCUT2D eigenvalue weighted by Crippen LogP contribution is -2.48. The Morgan fingerprint density at radius 1 is 0.603 bits per heavy atom. The van der Waals surface area contributed by atoms with Gasteiger partial charge in [0, 0.05) is 57.2 Å². The molecule has 0 amide bonds. The van der Waals surface area contributed by atoms with Crippen LogP contribution in [0, 0.1) is 47.3 Å². The Balaban J connectivity index is 0.000000147. The molecule has 0 aromatic carbocycles. The second-order valence-electron chi connectivity index (χ2n) is 19.9. The molecule has 14 nitrogen and oxygen atoms in total. The van der Waals surface area contributed by atoms with Gasteiger partial charge in [0.2, 0.25) is 0 Å². The Kier molecular flexibility index (Phi) is 17.1. The number of carbonyl (C=O) groups excluding carboxylic acids is 2. The van der Waals surface area contributed by atoms with Gasteiger partial charge in [-0.25, -0.2) is 0 Å². The number of anilines is 2. The van der Waals surface area contributed by atoms with Crippen molar-refractivity contribution in [3.8, 4) is 0 Å². The van der Waals surface area contributed by atoms with Crippen LogP contribution in [0.25, 0.3) is 0 Å². The number of carbonyl (C=O) groups is 2. The minimum atomic E-state index is -0.406. The molecule has 3 saturated carbocycles. The first-order valence-electron chi connectivity index (χ1n) is 22.3. The fourth-order valence-corrected chi connectivity index (χ4v) is 11.0. The lowest BCUT2D eigenvalue weighted by Gasteiger charge is -2.39. The van der Waals surface area contributed by atoms with Crippen LogP contribution in [0.15, 0.2) is 36.8 Å². The summed E-state index contributed by atoms with van der Waals surface area (Å²) in [7, 11) is 0. The number of nitrogens with one attached hydrogen (secondary N) is 1. The number of halogens is 4. The van der Waals surface area contributed by atoms with E-state index in [9.17, 15) is 9.59 Å². The van der Waals surface area contributed by atoms with Gasteiger partial charge in [0.05, 0.1) is 35.0 Å². The third-order valence-corrected chi connectivity index (χ3v) is 13.8. The molecule has 9 rings (SSSR count). The molecule has 0 spiro atoms. The van der Waals surface area contributed by atoms with E-state index in [-0.39, 0.29) is 17.5 Å². The number of fused-ring (bicyclic) bond motifs is 6. The first kappa shape index (κ1) is 49.3. The molecule has 6 fully saturated rings. The average Bonchev–Trinajstić information content (AvgIpc) is 3.61. The molecule has 3 aromatic rings. The van der Waals surface area contributed by atoms with Gasteiger partial charge in [-0.05, 0) is 147 Å². The van der Waals surface area contributed by atoms with E-state index in [1.54, 1.807) is 12.4 Å². The molecule has 9 atom stereocenters. The second-order valence-corrected chi connectivity index (χ2v) is 21.5. The quantitative estimate of drug-likeness (QED) is 0.226. The molecule has 3 aliphatic heterocycles. The molecule has 6 bridgehead atoms. The summed E-state index contributed by atoms with van der Waals surface area (Å²) in [6, 6.07) is 5.66. The first-order valence-corrected chi connectivity index (χ1v) is 23.8. The van der Waals surface area contributed by atoms with Crippen LogP contribution in [-0.2, 0) is 19.1 Å². The molecule has 0 radical (unpaired) electrons. The highest BCUT2D eigenvalue weighted by Gasteiger charge is 2.44. The third kappa shape index (κ3) is 14.7. The SMILES string of the molecule is CC(C)(C)OC(=O)CC1[C@@H]2CC[C@H]1CN(c1cnnc(Cl)c1)C2.CC(C)(C)OC(=O)CC1[C@@H]2CC[C@H]1CNC2.Clc1cnnc(Cl)c1.NC1[C@@H]2CC[C@H]1CN(c1cnnc(Cl)c1)C2. The molecule has 3 aliphatic carbocycles. The summed E-state index contributed by atoms with van der Waals surface area (Å²) >= 11 is 22.7. The zero-order valence-corrected chi connectivity index (χ0v) is 40.4. The number of nitrogens with zero attached hydrogens (tertiary/aromatic N) is 8. The predicted molar refractivity (Wildman–Crippen MR) is 248 cm³/mol. The normalized spacial score (nSPS) is 28.1. The predicted octanol–water partition coefficient (Wildman–Crippen LogP) is 8.37. The van der Waals surface area contributed by atoms with E-state index in [1.165, 1.54) is 50.8 Å². The average molecular weight is 951 g/mol. The van der Waals surface area contributed by atoms with E-state index < -0.39 is 5.60 Å². The first-order chi connectivity index (χ1) is 29.8. The summed E-state index contributed by atoms with van der Waals surface area (Å²) in [4.78, 5) is 28.6. The molecule has 3 saturated heterocycles. The van der Waals surface area contributed by atoms with Crippen molar-refractivity contribution in [1.29, 1.82) is 0 Å². The number of nitrogens with two attached hydrogens (primary N) is 1. The molecule has 3 aromatic heterocycles. The molecule has 3 N–H and O–H groups in total. The summed E-state index contributed by atoms with van der Waals surface area (Å²) < 4.78 is 10.9. The number of ether oxygens (including phenoxy) is 2. The molecule has 6 heterocycles. The van der Waals surface area contributed by atoms with Crippen molar-refractivity contribution in [2.75, 3.05) is 49.1 Å². The smallest absolute Gasteiger partial charge is 0.306 e. The summed E-state index contributed by atoms with van der Waals surface area (Å²) in [5.41, 5.74) is 7.52. The second kappa shape index (κ2) is 21.9. The Labute approximate surface area is 392 Å². The van der Waals surface area contributed by atoms with Gasteiger partial charge < -0.3 is 30.3 Å². The maximum absolute atomic E-state index is 12.2. The number of hydrogen-bond donors (Lipinski definition) is 2. The molecule has 346 valence electrons. The highest BCUT2D eigenvalue weighted by atomic mass is 35.5. The van der Waals surface area contributed by atoms with E-state index in [0.29, 0.717) is 86.7 Å². The van der Waals surface area contributed by atoms with Crippen LogP contribution in [0.2, 0.25) is 20.5 Å². The fraction of sp³-hybridized carbons (Fsp3) is 0.689. The summed E-state index contributed by atoms with van der Waals surface area (Å²) in [5.74, 6) is 4.65. The van der Waals surface area contributed by atoms with Crippen LogP contribution in [-0.4, -0.2) is 99.0 Å². The Bertz CT molecular complexity index is 1930. The zero-order chi connectivity index (χ0) is 45.5.